The second kappa shape index (κ2) is 7.77. The van der Waals surface area contributed by atoms with Crippen molar-refractivity contribution in [3.05, 3.63) is 87.2 Å². The predicted octanol–water partition coefficient (Wildman–Crippen LogP) is 5.16. The van der Waals surface area contributed by atoms with E-state index >= 15 is 0 Å². The van der Waals surface area contributed by atoms with Gasteiger partial charge in [-0.3, -0.25) is 4.79 Å². The van der Waals surface area contributed by atoms with Crippen molar-refractivity contribution in [1.29, 1.82) is 0 Å². The Kier molecular flexibility index (Phi) is 5.45. The van der Waals surface area contributed by atoms with Crippen molar-refractivity contribution in [3.63, 3.8) is 0 Å². The van der Waals surface area contributed by atoms with E-state index in [2.05, 4.69) is 27.2 Å². The van der Waals surface area contributed by atoms with Crippen LogP contribution in [-0.2, 0) is 0 Å². The Morgan fingerprint density at radius 1 is 0.962 bits per heavy atom. The maximum absolute atomic E-state index is 12.2. The van der Waals surface area contributed by atoms with Crippen LogP contribution in [0.3, 0.4) is 0 Å². The average Bonchev–Trinajstić information content (AvgIpc) is 2.96. The fourth-order valence-electron chi connectivity index (χ4n) is 2.69. The van der Waals surface area contributed by atoms with Gasteiger partial charge in [-0.05, 0) is 62.4 Å². The fourth-order valence-corrected chi connectivity index (χ4v) is 3.19. The highest BCUT2D eigenvalue weighted by atomic mass is 35.5. The van der Waals surface area contributed by atoms with Gasteiger partial charge in [0.25, 0.3) is 5.91 Å². The number of aryl methyl sites for hydroxylation is 2. The summed E-state index contributed by atoms with van der Waals surface area (Å²) in [5, 5.41) is 4.88. The van der Waals surface area contributed by atoms with Crippen LogP contribution in [0.1, 0.15) is 27.3 Å². The summed E-state index contributed by atoms with van der Waals surface area (Å²) in [6.07, 6.45) is 1.43. The molecule has 0 unspecified atom stereocenters. The minimum Gasteiger partial charge on any atom is -0.319 e. The zero-order valence-electron chi connectivity index (χ0n) is 14.3. The second-order valence-electron chi connectivity index (χ2n) is 5.83. The molecule has 0 radical (unpaired) electrons. The van der Waals surface area contributed by atoms with Crippen LogP contribution in [0.4, 0.5) is 0 Å². The van der Waals surface area contributed by atoms with Gasteiger partial charge in [0.2, 0.25) is 0 Å². The van der Waals surface area contributed by atoms with Gasteiger partial charge in [0.1, 0.15) is 0 Å². The Hall–Kier alpha value is -2.56. The predicted molar refractivity (Wildman–Crippen MR) is 107 cm³/mol. The van der Waals surface area contributed by atoms with Gasteiger partial charge < -0.3 is 4.57 Å². The van der Waals surface area contributed by atoms with Crippen LogP contribution in [0.15, 0.2) is 59.7 Å². The third-order valence-electron chi connectivity index (χ3n) is 4.02. The first-order valence-corrected chi connectivity index (χ1v) is 8.76. The number of carbonyl (C=O) groups excluding carboxylic acids is 1. The summed E-state index contributed by atoms with van der Waals surface area (Å²) in [6, 6.07) is 16.6. The van der Waals surface area contributed by atoms with Gasteiger partial charge >= 0.3 is 0 Å². The van der Waals surface area contributed by atoms with E-state index in [1.165, 1.54) is 6.21 Å². The van der Waals surface area contributed by atoms with Crippen LogP contribution >= 0.6 is 23.2 Å². The first kappa shape index (κ1) is 18.2. The number of carbonyl (C=O) groups is 1. The number of hydrogen-bond acceptors (Lipinski definition) is 2. The monoisotopic (exact) mass is 385 g/mol. The van der Waals surface area contributed by atoms with E-state index in [1.807, 2.05) is 26.0 Å². The number of hydrazone groups is 1. The van der Waals surface area contributed by atoms with Crippen molar-refractivity contribution in [2.75, 3.05) is 0 Å². The maximum atomic E-state index is 12.2. The quantitative estimate of drug-likeness (QED) is 0.488. The van der Waals surface area contributed by atoms with Gasteiger partial charge in [-0.25, -0.2) is 5.43 Å². The molecule has 1 heterocycles. The van der Waals surface area contributed by atoms with Crippen molar-refractivity contribution in [1.82, 2.24) is 9.99 Å². The molecule has 132 valence electrons. The first-order valence-electron chi connectivity index (χ1n) is 8.00. The van der Waals surface area contributed by atoms with Crippen molar-refractivity contribution in [2.45, 2.75) is 13.8 Å². The largest absolute Gasteiger partial charge is 0.319 e. The SMILES string of the molecule is Cc1ccc(C)n1-c1ccc(C(=O)N/N=C\c2c(Cl)cccc2Cl)cc1. The van der Waals surface area contributed by atoms with Crippen LogP contribution < -0.4 is 5.43 Å². The Morgan fingerprint density at radius 2 is 1.54 bits per heavy atom. The highest BCUT2D eigenvalue weighted by Crippen LogP contribution is 2.22. The number of nitrogens with zero attached hydrogens (tertiary/aromatic N) is 2. The molecule has 0 atom stereocenters. The molecule has 0 aliphatic heterocycles. The third kappa shape index (κ3) is 3.82. The Morgan fingerprint density at radius 3 is 2.12 bits per heavy atom. The molecule has 2 aromatic carbocycles. The Bertz CT molecular complexity index is 935. The topological polar surface area (TPSA) is 46.4 Å². The lowest BCUT2D eigenvalue weighted by atomic mass is 10.2. The molecular formula is C20H17Cl2N3O. The highest BCUT2D eigenvalue weighted by molar-refractivity contribution is 6.38. The molecule has 0 saturated carbocycles. The number of benzene rings is 2. The van der Waals surface area contributed by atoms with Crippen LogP contribution in [0, 0.1) is 13.8 Å². The molecule has 26 heavy (non-hydrogen) atoms. The van der Waals surface area contributed by atoms with E-state index in [0.29, 0.717) is 21.2 Å². The van der Waals surface area contributed by atoms with Crippen molar-refractivity contribution in [2.24, 2.45) is 5.10 Å². The lowest BCUT2D eigenvalue weighted by molar-refractivity contribution is 0.0955. The number of amides is 1. The maximum Gasteiger partial charge on any atom is 0.271 e. The molecule has 0 spiro atoms. The van der Waals surface area contributed by atoms with E-state index in [4.69, 9.17) is 23.2 Å². The molecule has 6 heteroatoms. The summed E-state index contributed by atoms with van der Waals surface area (Å²) in [7, 11) is 0. The minimum atomic E-state index is -0.308. The summed E-state index contributed by atoms with van der Waals surface area (Å²) in [5.41, 5.74) is 6.84. The summed E-state index contributed by atoms with van der Waals surface area (Å²) < 4.78 is 2.12. The van der Waals surface area contributed by atoms with Crippen molar-refractivity contribution < 1.29 is 4.79 Å². The molecule has 4 nitrogen and oxygen atoms in total. The Balaban J connectivity index is 1.72. The molecule has 0 bridgehead atoms. The summed E-state index contributed by atoms with van der Waals surface area (Å²) >= 11 is 12.1. The molecule has 3 rings (SSSR count). The first-order chi connectivity index (χ1) is 12.5. The molecule has 0 fully saturated rings. The molecule has 0 saturated heterocycles. The van der Waals surface area contributed by atoms with Crippen molar-refractivity contribution >= 4 is 35.3 Å². The Labute approximate surface area is 162 Å². The fraction of sp³-hybridized carbons (Fsp3) is 0.100. The summed E-state index contributed by atoms with van der Waals surface area (Å²) in [6.45, 7) is 4.09. The molecule has 1 aromatic heterocycles. The third-order valence-corrected chi connectivity index (χ3v) is 4.68. The summed E-state index contributed by atoms with van der Waals surface area (Å²) in [5.74, 6) is -0.308. The van der Waals surface area contributed by atoms with Crippen LogP contribution in [0.25, 0.3) is 5.69 Å². The van der Waals surface area contributed by atoms with Crippen LogP contribution in [-0.4, -0.2) is 16.7 Å². The van der Waals surface area contributed by atoms with Gasteiger partial charge in [0.15, 0.2) is 0 Å². The van der Waals surface area contributed by atoms with Gasteiger partial charge in [-0.15, -0.1) is 0 Å². The van der Waals surface area contributed by atoms with Crippen LogP contribution in [0.5, 0.6) is 0 Å². The number of hydrogen-bond donors (Lipinski definition) is 1. The van der Waals surface area contributed by atoms with E-state index < -0.39 is 0 Å². The number of nitrogens with one attached hydrogen (secondary N) is 1. The van der Waals surface area contributed by atoms with E-state index in [1.54, 1.807) is 30.3 Å². The van der Waals surface area contributed by atoms with Crippen LogP contribution in [0.2, 0.25) is 10.0 Å². The molecule has 1 amide bonds. The smallest absolute Gasteiger partial charge is 0.271 e. The standard InChI is InChI=1S/C20H17Cl2N3O/c1-13-6-7-14(2)25(13)16-10-8-15(9-11-16)20(26)24-23-12-17-18(21)4-3-5-19(17)22/h3-12H,1-2H3,(H,24,26)/b23-12-. The number of halogens is 2. The van der Waals surface area contributed by atoms with Gasteiger partial charge in [-0.2, -0.15) is 5.10 Å². The zero-order valence-corrected chi connectivity index (χ0v) is 15.8. The van der Waals surface area contributed by atoms with Crippen molar-refractivity contribution in [3.8, 4) is 5.69 Å². The zero-order chi connectivity index (χ0) is 18.7. The minimum absolute atomic E-state index is 0.308. The normalized spacial score (nSPS) is 11.1. The molecule has 0 aliphatic rings. The molecular weight excluding hydrogens is 369 g/mol. The van der Waals surface area contributed by atoms with Gasteiger partial charge in [0.05, 0.1) is 16.3 Å². The average molecular weight is 386 g/mol. The van der Waals surface area contributed by atoms with E-state index in [-0.39, 0.29) is 5.91 Å². The second-order valence-corrected chi connectivity index (χ2v) is 6.65. The molecule has 1 N–H and O–H groups in total. The number of aromatic nitrogens is 1. The van der Waals surface area contributed by atoms with Gasteiger partial charge in [-0.1, -0.05) is 29.3 Å². The van der Waals surface area contributed by atoms with Gasteiger partial charge in [0, 0.05) is 28.2 Å². The van der Waals surface area contributed by atoms with E-state index in [9.17, 15) is 4.79 Å². The summed E-state index contributed by atoms with van der Waals surface area (Å²) in [4.78, 5) is 12.2. The highest BCUT2D eigenvalue weighted by Gasteiger charge is 2.08. The molecule has 0 aliphatic carbocycles. The lowest BCUT2D eigenvalue weighted by Gasteiger charge is -2.10. The van der Waals surface area contributed by atoms with E-state index in [0.717, 1.165) is 17.1 Å². The molecule has 3 aromatic rings. The number of rotatable bonds is 4. The lowest BCUT2D eigenvalue weighted by Crippen LogP contribution is -2.17.